The number of carbonyl (C=O) groups excluding carboxylic acids is 1. The Morgan fingerprint density at radius 1 is 1.23 bits per heavy atom. The maximum Gasteiger partial charge on any atom is 0.259 e. The summed E-state index contributed by atoms with van der Waals surface area (Å²) in [6, 6.07) is 15.0. The molecule has 0 saturated heterocycles. The minimum atomic E-state index is -0.269. The van der Waals surface area contributed by atoms with Gasteiger partial charge in [0.2, 0.25) is 0 Å². The van der Waals surface area contributed by atoms with E-state index in [9.17, 15) is 4.79 Å². The molecule has 2 N–H and O–H groups in total. The quantitative estimate of drug-likeness (QED) is 0.468. The summed E-state index contributed by atoms with van der Waals surface area (Å²) in [6.07, 6.45) is 0. The molecule has 0 aliphatic rings. The van der Waals surface area contributed by atoms with Gasteiger partial charge in [0.1, 0.15) is 17.0 Å². The molecule has 0 atom stereocenters. The number of hydrazone groups is 1. The Morgan fingerprint density at radius 2 is 2.04 bits per heavy atom. The monoisotopic (exact) mass is 415 g/mol. The number of carbonyl (C=O) groups is 1. The average Bonchev–Trinajstić information content (AvgIpc) is 3.07. The molecule has 3 aromatic rings. The number of halogens is 1. The second-order valence-electron chi connectivity index (χ2n) is 5.58. The number of rotatable bonds is 6. The normalized spacial score (nSPS) is 11.4. The van der Waals surface area contributed by atoms with Gasteiger partial charge in [-0.15, -0.1) is 0 Å². The van der Waals surface area contributed by atoms with E-state index in [1.54, 1.807) is 14.0 Å². The summed E-state index contributed by atoms with van der Waals surface area (Å²) in [4.78, 5) is 12.0. The maximum absolute atomic E-state index is 12.0. The SMILES string of the molecule is COc1ccccc1NCC(=O)N/N=C(/C)c1cc2cc(Br)ccc2o1. The number of furan rings is 1. The van der Waals surface area contributed by atoms with Crippen LogP contribution in [0.4, 0.5) is 5.69 Å². The number of hydrogen-bond acceptors (Lipinski definition) is 5. The number of benzene rings is 2. The van der Waals surface area contributed by atoms with Crippen LogP contribution in [0.2, 0.25) is 0 Å². The van der Waals surface area contributed by atoms with Gasteiger partial charge >= 0.3 is 0 Å². The number of methoxy groups -OCH3 is 1. The summed E-state index contributed by atoms with van der Waals surface area (Å²) in [5.41, 5.74) is 4.62. The molecule has 1 heterocycles. The van der Waals surface area contributed by atoms with Crippen LogP contribution in [0.1, 0.15) is 12.7 Å². The Bertz CT molecular complexity index is 966. The van der Waals surface area contributed by atoms with Gasteiger partial charge < -0.3 is 14.5 Å². The van der Waals surface area contributed by atoms with E-state index in [1.165, 1.54) is 0 Å². The lowest BCUT2D eigenvalue weighted by molar-refractivity contribution is -0.119. The fourth-order valence-electron chi connectivity index (χ4n) is 2.40. The van der Waals surface area contributed by atoms with Crippen LogP contribution in [-0.4, -0.2) is 25.3 Å². The Balaban J connectivity index is 1.61. The topological polar surface area (TPSA) is 75.9 Å². The van der Waals surface area contributed by atoms with Crippen molar-refractivity contribution in [3.05, 3.63) is 58.8 Å². The van der Waals surface area contributed by atoms with E-state index < -0.39 is 0 Å². The van der Waals surface area contributed by atoms with E-state index in [4.69, 9.17) is 9.15 Å². The van der Waals surface area contributed by atoms with E-state index in [2.05, 4.69) is 31.8 Å². The molecule has 0 radical (unpaired) electrons. The lowest BCUT2D eigenvalue weighted by Crippen LogP contribution is -2.26. The molecule has 26 heavy (non-hydrogen) atoms. The van der Waals surface area contributed by atoms with Gasteiger partial charge in [0, 0.05) is 9.86 Å². The van der Waals surface area contributed by atoms with Gasteiger partial charge in [-0.2, -0.15) is 5.10 Å². The zero-order valence-electron chi connectivity index (χ0n) is 14.4. The number of para-hydroxylation sites is 2. The van der Waals surface area contributed by atoms with Crippen LogP contribution in [-0.2, 0) is 4.79 Å². The zero-order valence-corrected chi connectivity index (χ0v) is 16.0. The average molecular weight is 416 g/mol. The molecule has 0 saturated carbocycles. The summed E-state index contributed by atoms with van der Waals surface area (Å²) >= 11 is 3.43. The Morgan fingerprint density at radius 3 is 2.85 bits per heavy atom. The van der Waals surface area contributed by atoms with Gasteiger partial charge in [-0.3, -0.25) is 4.79 Å². The van der Waals surface area contributed by atoms with E-state index in [-0.39, 0.29) is 12.5 Å². The van der Waals surface area contributed by atoms with Gasteiger partial charge in [-0.25, -0.2) is 5.43 Å². The highest BCUT2D eigenvalue weighted by atomic mass is 79.9. The highest BCUT2D eigenvalue weighted by Gasteiger charge is 2.08. The van der Waals surface area contributed by atoms with Crippen LogP contribution in [0, 0.1) is 0 Å². The van der Waals surface area contributed by atoms with Crippen molar-refractivity contribution >= 4 is 44.2 Å². The van der Waals surface area contributed by atoms with Crippen molar-refractivity contribution in [2.75, 3.05) is 19.0 Å². The molecule has 0 aliphatic heterocycles. The van der Waals surface area contributed by atoms with Crippen LogP contribution < -0.4 is 15.5 Å². The molecule has 0 fully saturated rings. The van der Waals surface area contributed by atoms with Crippen molar-refractivity contribution in [3.63, 3.8) is 0 Å². The lowest BCUT2D eigenvalue weighted by Gasteiger charge is -2.09. The van der Waals surface area contributed by atoms with Crippen molar-refractivity contribution in [2.45, 2.75) is 6.92 Å². The first-order chi connectivity index (χ1) is 12.6. The van der Waals surface area contributed by atoms with Gasteiger partial charge in [-0.05, 0) is 43.3 Å². The van der Waals surface area contributed by atoms with Crippen LogP contribution in [0.3, 0.4) is 0 Å². The van der Waals surface area contributed by atoms with Gasteiger partial charge in [0.05, 0.1) is 19.3 Å². The number of nitrogens with zero attached hydrogens (tertiary/aromatic N) is 1. The summed E-state index contributed by atoms with van der Waals surface area (Å²) in [5.74, 6) is 1.01. The maximum atomic E-state index is 12.0. The van der Waals surface area contributed by atoms with Crippen LogP contribution in [0.15, 0.2) is 62.5 Å². The molecule has 0 aliphatic carbocycles. The van der Waals surface area contributed by atoms with Crippen molar-refractivity contribution < 1.29 is 13.9 Å². The zero-order chi connectivity index (χ0) is 18.5. The molecule has 0 spiro atoms. The fourth-order valence-corrected chi connectivity index (χ4v) is 2.78. The number of nitrogens with one attached hydrogen (secondary N) is 2. The molecule has 134 valence electrons. The highest BCUT2D eigenvalue weighted by molar-refractivity contribution is 9.10. The number of anilines is 1. The molecular formula is C19H18BrN3O3. The first-order valence-electron chi connectivity index (χ1n) is 7.96. The van der Waals surface area contributed by atoms with Gasteiger partial charge in [-0.1, -0.05) is 28.1 Å². The molecule has 0 bridgehead atoms. The lowest BCUT2D eigenvalue weighted by atomic mass is 10.2. The third-order valence-corrected chi connectivity index (χ3v) is 4.22. The predicted octanol–water partition coefficient (Wildman–Crippen LogP) is 4.16. The predicted molar refractivity (Wildman–Crippen MR) is 106 cm³/mol. The van der Waals surface area contributed by atoms with Crippen LogP contribution >= 0.6 is 15.9 Å². The number of fused-ring (bicyclic) bond motifs is 1. The van der Waals surface area contributed by atoms with E-state index in [1.807, 2.05) is 48.5 Å². The molecule has 0 unspecified atom stereocenters. The molecule has 6 nitrogen and oxygen atoms in total. The first-order valence-corrected chi connectivity index (χ1v) is 8.75. The molecule has 1 amide bonds. The van der Waals surface area contributed by atoms with Crippen molar-refractivity contribution in [3.8, 4) is 5.75 Å². The standard InChI is InChI=1S/C19H18BrN3O3/c1-12(18-10-13-9-14(20)7-8-16(13)26-18)22-23-19(24)11-21-15-5-3-4-6-17(15)25-2/h3-10,21H,11H2,1-2H3,(H,23,24)/b22-12-. The summed E-state index contributed by atoms with van der Waals surface area (Å²) in [6.45, 7) is 1.85. The number of hydrogen-bond donors (Lipinski definition) is 2. The van der Waals surface area contributed by atoms with Crippen molar-refractivity contribution in [1.82, 2.24) is 5.43 Å². The van der Waals surface area contributed by atoms with E-state index in [0.29, 0.717) is 17.2 Å². The van der Waals surface area contributed by atoms with Gasteiger partial charge in [0.25, 0.3) is 5.91 Å². The minimum absolute atomic E-state index is 0.0736. The number of ether oxygens (including phenoxy) is 1. The molecule has 2 aromatic carbocycles. The summed E-state index contributed by atoms with van der Waals surface area (Å²) < 4.78 is 11.9. The van der Waals surface area contributed by atoms with Crippen LogP contribution in [0.25, 0.3) is 11.0 Å². The smallest absolute Gasteiger partial charge is 0.259 e. The summed E-state index contributed by atoms with van der Waals surface area (Å²) in [7, 11) is 1.58. The van der Waals surface area contributed by atoms with Crippen molar-refractivity contribution in [1.29, 1.82) is 0 Å². The Hall–Kier alpha value is -2.80. The van der Waals surface area contributed by atoms with Crippen molar-refractivity contribution in [2.24, 2.45) is 5.10 Å². The molecular weight excluding hydrogens is 398 g/mol. The molecule has 7 heteroatoms. The molecule has 3 rings (SSSR count). The highest BCUT2D eigenvalue weighted by Crippen LogP contribution is 2.24. The Kier molecular flexibility index (Phi) is 5.58. The second-order valence-corrected chi connectivity index (χ2v) is 6.49. The number of amides is 1. The first kappa shape index (κ1) is 18.0. The van der Waals surface area contributed by atoms with E-state index in [0.717, 1.165) is 21.1 Å². The molecule has 1 aromatic heterocycles. The fraction of sp³-hybridized carbons (Fsp3) is 0.158. The largest absolute Gasteiger partial charge is 0.495 e. The van der Waals surface area contributed by atoms with E-state index >= 15 is 0 Å². The third kappa shape index (κ3) is 4.23. The third-order valence-electron chi connectivity index (χ3n) is 3.73. The minimum Gasteiger partial charge on any atom is -0.495 e. The second kappa shape index (κ2) is 8.05. The Labute approximate surface area is 159 Å². The van der Waals surface area contributed by atoms with Gasteiger partial charge in [0.15, 0.2) is 5.76 Å². The van der Waals surface area contributed by atoms with Crippen LogP contribution in [0.5, 0.6) is 5.75 Å². The summed E-state index contributed by atoms with van der Waals surface area (Å²) in [5, 5.41) is 8.09.